The normalized spacial score (nSPS) is 17.0. The van der Waals surface area contributed by atoms with E-state index < -0.39 is 0 Å². The summed E-state index contributed by atoms with van der Waals surface area (Å²) < 4.78 is 12.1. The minimum absolute atomic E-state index is 0.0303. The number of amides is 1. The highest BCUT2D eigenvalue weighted by Crippen LogP contribution is 2.28. The lowest BCUT2D eigenvalue weighted by Crippen LogP contribution is -2.38. The summed E-state index contributed by atoms with van der Waals surface area (Å²) in [4.78, 5) is 21.7. The second-order valence-corrected chi connectivity index (χ2v) is 8.68. The minimum Gasteiger partial charge on any atom is -0.491 e. The summed E-state index contributed by atoms with van der Waals surface area (Å²) in [5.41, 5.74) is 3.43. The Morgan fingerprint density at radius 1 is 1.19 bits per heavy atom. The van der Waals surface area contributed by atoms with Crippen LogP contribution in [0.15, 0.2) is 54.6 Å². The van der Waals surface area contributed by atoms with E-state index in [1.54, 1.807) is 19.0 Å². The van der Waals surface area contributed by atoms with Crippen molar-refractivity contribution in [1.82, 2.24) is 14.8 Å². The number of para-hydroxylation sites is 2. The zero-order valence-corrected chi connectivity index (χ0v) is 19.2. The third-order valence-corrected chi connectivity index (χ3v) is 5.58. The Labute approximate surface area is 189 Å². The number of pyridine rings is 1. The van der Waals surface area contributed by atoms with Crippen LogP contribution >= 0.6 is 0 Å². The first-order chi connectivity index (χ1) is 15.4. The standard InChI is InChI=1S/C26H31N3O3/c1-18(2)32-24-12-8-5-9-19(24)16-29-13-14-31-25(17-29)23-15-21(26(30)28(3)4)20-10-6-7-11-22(20)27-23/h5-12,15,18,25H,13-14,16-17H2,1-4H3. The van der Waals surface area contributed by atoms with Crippen LogP contribution in [0.3, 0.4) is 0 Å². The number of aromatic nitrogens is 1. The van der Waals surface area contributed by atoms with Crippen molar-refractivity contribution >= 4 is 16.8 Å². The van der Waals surface area contributed by atoms with E-state index in [0.29, 0.717) is 18.7 Å². The highest BCUT2D eigenvalue weighted by molar-refractivity contribution is 6.06. The van der Waals surface area contributed by atoms with E-state index in [2.05, 4.69) is 11.0 Å². The number of rotatable bonds is 6. The van der Waals surface area contributed by atoms with Crippen LogP contribution in [0.2, 0.25) is 0 Å². The first-order valence-corrected chi connectivity index (χ1v) is 11.1. The molecule has 0 radical (unpaired) electrons. The van der Waals surface area contributed by atoms with Crippen LogP contribution in [0.25, 0.3) is 10.9 Å². The van der Waals surface area contributed by atoms with Gasteiger partial charge in [-0.3, -0.25) is 9.69 Å². The van der Waals surface area contributed by atoms with E-state index in [1.165, 1.54) is 0 Å². The van der Waals surface area contributed by atoms with E-state index in [0.717, 1.165) is 41.0 Å². The van der Waals surface area contributed by atoms with Gasteiger partial charge in [0, 0.05) is 44.7 Å². The van der Waals surface area contributed by atoms with Crippen LogP contribution in [-0.2, 0) is 11.3 Å². The maximum absolute atomic E-state index is 12.9. The Bertz CT molecular complexity index is 1100. The van der Waals surface area contributed by atoms with Gasteiger partial charge in [-0.15, -0.1) is 0 Å². The fraction of sp³-hybridized carbons (Fsp3) is 0.385. The molecule has 0 saturated carbocycles. The lowest BCUT2D eigenvalue weighted by molar-refractivity contribution is -0.0351. The Morgan fingerprint density at radius 3 is 2.72 bits per heavy atom. The highest BCUT2D eigenvalue weighted by Gasteiger charge is 2.26. The maximum Gasteiger partial charge on any atom is 0.254 e. The molecule has 1 unspecified atom stereocenters. The fourth-order valence-electron chi connectivity index (χ4n) is 4.05. The van der Waals surface area contributed by atoms with Crippen molar-refractivity contribution < 1.29 is 14.3 Å². The second kappa shape index (κ2) is 9.67. The fourth-order valence-corrected chi connectivity index (χ4v) is 4.05. The summed E-state index contributed by atoms with van der Waals surface area (Å²) in [6, 6.07) is 17.9. The molecule has 32 heavy (non-hydrogen) atoms. The minimum atomic E-state index is -0.194. The number of hydrogen-bond donors (Lipinski definition) is 0. The van der Waals surface area contributed by atoms with Crippen LogP contribution in [0.1, 0.15) is 41.6 Å². The predicted octanol–water partition coefficient (Wildman–Crippen LogP) is 4.30. The summed E-state index contributed by atoms with van der Waals surface area (Å²) in [5.74, 6) is 0.894. The van der Waals surface area contributed by atoms with Gasteiger partial charge < -0.3 is 14.4 Å². The topological polar surface area (TPSA) is 54.9 Å². The summed E-state index contributed by atoms with van der Waals surface area (Å²) in [6.45, 7) is 7.02. The molecule has 2 heterocycles. The quantitative estimate of drug-likeness (QED) is 0.580. The molecule has 1 fully saturated rings. The van der Waals surface area contributed by atoms with Gasteiger partial charge in [0.2, 0.25) is 0 Å². The molecule has 4 rings (SSSR count). The first-order valence-electron chi connectivity index (χ1n) is 11.1. The van der Waals surface area contributed by atoms with Crippen molar-refractivity contribution in [2.75, 3.05) is 33.8 Å². The number of nitrogens with zero attached hydrogens (tertiary/aromatic N) is 3. The number of morpholine rings is 1. The van der Waals surface area contributed by atoms with Gasteiger partial charge in [-0.1, -0.05) is 36.4 Å². The molecule has 6 heteroatoms. The van der Waals surface area contributed by atoms with Gasteiger partial charge in [-0.05, 0) is 32.0 Å². The summed E-state index contributed by atoms with van der Waals surface area (Å²) in [7, 11) is 3.54. The molecular formula is C26H31N3O3. The number of hydrogen-bond acceptors (Lipinski definition) is 5. The zero-order valence-electron chi connectivity index (χ0n) is 19.2. The van der Waals surface area contributed by atoms with Crippen LogP contribution in [-0.4, -0.2) is 60.6 Å². The molecule has 0 spiro atoms. The van der Waals surface area contributed by atoms with E-state index in [4.69, 9.17) is 14.5 Å². The van der Waals surface area contributed by atoms with Crippen molar-refractivity contribution in [2.45, 2.75) is 32.6 Å². The number of benzene rings is 2. The number of ether oxygens (including phenoxy) is 2. The van der Waals surface area contributed by atoms with E-state index >= 15 is 0 Å². The highest BCUT2D eigenvalue weighted by atomic mass is 16.5. The monoisotopic (exact) mass is 433 g/mol. The van der Waals surface area contributed by atoms with Gasteiger partial charge in [-0.2, -0.15) is 0 Å². The molecule has 6 nitrogen and oxygen atoms in total. The number of carbonyl (C=O) groups excluding carboxylic acids is 1. The third-order valence-electron chi connectivity index (χ3n) is 5.58. The molecule has 0 aliphatic carbocycles. The van der Waals surface area contributed by atoms with Crippen molar-refractivity contribution in [3.63, 3.8) is 0 Å². The maximum atomic E-state index is 12.9. The van der Waals surface area contributed by atoms with Gasteiger partial charge in [0.05, 0.1) is 29.5 Å². The SMILES string of the molecule is CC(C)Oc1ccccc1CN1CCOC(c2cc(C(=O)N(C)C)c3ccccc3n2)C1. The average Bonchev–Trinajstić information content (AvgIpc) is 2.79. The lowest BCUT2D eigenvalue weighted by Gasteiger charge is -2.33. The van der Waals surface area contributed by atoms with Gasteiger partial charge in [0.15, 0.2) is 0 Å². The number of carbonyl (C=O) groups is 1. The molecule has 2 aromatic carbocycles. The smallest absolute Gasteiger partial charge is 0.254 e. The van der Waals surface area contributed by atoms with Crippen LogP contribution in [0.5, 0.6) is 5.75 Å². The molecule has 0 bridgehead atoms. The van der Waals surface area contributed by atoms with Crippen molar-refractivity contribution in [1.29, 1.82) is 0 Å². The molecule has 1 atom stereocenters. The Balaban J connectivity index is 1.60. The number of fused-ring (bicyclic) bond motifs is 1. The molecule has 1 aliphatic rings. The van der Waals surface area contributed by atoms with Gasteiger partial charge in [-0.25, -0.2) is 4.98 Å². The van der Waals surface area contributed by atoms with Gasteiger partial charge >= 0.3 is 0 Å². The Morgan fingerprint density at radius 2 is 1.94 bits per heavy atom. The third kappa shape index (κ3) is 4.92. The molecule has 1 amide bonds. The Kier molecular flexibility index (Phi) is 6.72. The van der Waals surface area contributed by atoms with E-state index in [1.807, 2.05) is 62.4 Å². The van der Waals surface area contributed by atoms with E-state index in [9.17, 15) is 4.79 Å². The second-order valence-electron chi connectivity index (χ2n) is 8.68. The molecular weight excluding hydrogens is 402 g/mol. The van der Waals surface area contributed by atoms with E-state index in [-0.39, 0.29) is 18.1 Å². The molecule has 1 aromatic heterocycles. The van der Waals surface area contributed by atoms with Crippen LogP contribution in [0, 0.1) is 0 Å². The zero-order chi connectivity index (χ0) is 22.7. The van der Waals surface area contributed by atoms with Crippen molar-refractivity contribution in [3.8, 4) is 5.75 Å². The van der Waals surface area contributed by atoms with Gasteiger partial charge in [0.1, 0.15) is 11.9 Å². The first kappa shape index (κ1) is 22.2. The summed E-state index contributed by atoms with van der Waals surface area (Å²) in [5, 5.41) is 0.863. The molecule has 0 N–H and O–H groups in total. The van der Waals surface area contributed by atoms with Crippen LogP contribution < -0.4 is 4.74 Å². The van der Waals surface area contributed by atoms with Crippen molar-refractivity contribution in [2.24, 2.45) is 0 Å². The van der Waals surface area contributed by atoms with Crippen molar-refractivity contribution in [3.05, 3.63) is 71.4 Å². The predicted molar refractivity (Wildman–Crippen MR) is 126 cm³/mol. The summed E-state index contributed by atoms with van der Waals surface area (Å²) >= 11 is 0. The Hall–Kier alpha value is -2.96. The van der Waals surface area contributed by atoms with Crippen LogP contribution in [0.4, 0.5) is 0 Å². The largest absolute Gasteiger partial charge is 0.491 e. The lowest BCUT2D eigenvalue weighted by atomic mass is 10.0. The van der Waals surface area contributed by atoms with Gasteiger partial charge in [0.25, 0.3) is 5.91 Å². The molecule has 1 saturated heterocycles. The molecule has 168 valence electrons. The summed E-state index contributed by atoms with van der Waals surface area (Å²) in [6.07, 6.45) is -0.0664. The average molecular weight is 434 g/mol. The molecule has 1 aliphatic heterocycles. The molecule has 3 aromatic rings.